The Labute approximate surface area is 225 Å². The summed E-state index contributed by atoms with van der Waals surface area (Å²) >= 11 is 17.7. The van der Waals surface area contributed by atoms with Crippen LogP contribution in [0.3, 0.4) is 0 Å². The van der Waals surface area contributed by atoms with Crippen LogP contribution in [-0.4, -0.2) is 16.3 Å². The molecule has 0 aliphatic carbocycles. The van der Waals surface area contributed by atoms with Gasteiger partial charge in [-0.1, -0.05) is 62.9 Å². The highest BCUT2D eigenvalue weighted by Crippen LogP contribution is 2.43. The van der Waals surface area contributed by atoms with Crippen molar-refractivity contribution in [2.75, 3.05) is 7.05 Å². The average Bonchev–Trinajstić information content (AvgIpc) is 2.83. The fraction of sp³-hybridized carbons (Fsp3) is 0.130. The van der Waals surface area contributed by atoms with E-state index in [-0.39, 0.29) is 33.7 Å². The Morgan fingerprint density at radius 3 is 2.44 bits per heavy atom. The number of nitro groups is 1. The van der Waals surface area contributed by atoms with Gasteiger partial charge in [0.15, 0.2) is 15.5 Å². The minimum atomic E-state index is -1.38. The van der Waals surface area contributed by atoms with E-state index in [2.05, 4.69) is 21.2 Å². The molecule has 1 atom stereocenters. The van der Waals surface area contributed by atoms with E-state index in [1.54, 1.807) is 42.5 Å². The Kier molecular flexibility index (Phi) is 7.60. The number of allylic oxidation sites excluding steroid dienone is 1. The lowest BCUT2D eigenvalue weighted by atomic mass is 9.87. The first-order valence-electron chi connectivity index (χ1n) is 10.1. The molecular formula is C23H14BrCl3N2O7. The molecule has 0 fully saturated rings. The first kappa shape index (κ1) is 26.0. The molecule has 0 saturated carbocycles. The van der Waals surface area contributed by atoms with Crippen LogP contribution in [0.4, 0.5) is 0 Å². The molecule has 2 aromatic carbocycles. The van der Waals surface area contributed by atoms with Crippen molar-refractivity contribution in [3.05, 3.63) is 107 Å². The third-order valence-corrected chi connectivity index (χ3v) is 5.79. The van der Waals surface area contributed by atoms with E-state index < -0.39 is 31.9 Å². The third kappa shape index (κ3) is 4.81. The molecule has 1 aliphatic rings. The molecule has 2 aromatic heterocycles. The van der Waals surface area contributed by atoms with Gasteiger partial charge in [-0.3, -0.25) is 14.9 Å². The van der Waals surface area contributed by atoms with Crippen molar-refractivity contribution < 1.29 is 18.5 Å². The van der Waals surface area contributed by atoms with Gasteiger partial charge in [-0.25, -0.2) is 4.79 Å². The first-order chi connectivity index (χ1) is 17.1. The number of alkyl halides is 3. The van der Waals surface area contributed by atoms with E-state index in [0.29, 0.717) is 15.4 Å². The number of fused-ring (bicyclic) bond motifs is 4. The Hall–Kier alpha value is -3.05. The van der Waals surface area contributed by atoms with E-state index in [1.165, 1.54) is 7.05 Å². The molecule has 4 aromatic rings. The fourth-order valence-electron chi connectivity index (χ4n) is 3.90. The Bertz CT molecular complexity index is 1650. The first-order valence-corrected chi connectivity index (χ1v) is 12.2. The Morgan fingerprint density at radius 2 is 1.78 bits per heavy atom. The molecule has 36 heavy (non-hydrogen) atoms. The van der Waals surface area contributed by atoms with Gasteiger partial charge in [-0.15, -0.1) is 0 Å². The summed E-state index contributed by atoms with van der Waals surface area (Å²) in [6.07, 6.45) is 1.14. The fourth-order valence-corrected chi connectivity index (χ4v) is 4.27. The van der Waals surface area contributed by atoms with Crippen molar-refractivity contribution in [2.24, 2.45) is 0 Å². The van der Waals surface area contributed by atoms with E-state index >= 15 is 0 Å². The van der Waals surface area contributed by atoms with Crippen molar-refractivity contribution in [1.29, 1.82) is 0 Å². The zero-order valence-electron chi connectivity index (χ0n) is 18.1. The summed E-state index contributed by atoms with van der Waals surface area (Å²) in [6, 6.07) is 11.5. The van der Waals surface area contributed by atoms with Gasteiger partial charge in [0.2, 0.25) is 0 Å². The molecule has 0 radical (unpaired) electrons. The van der Waals surface area contributed by atoms with Gasteiger partial charge in [0.1, 0.15) is 17.1 Å². The average molecular weight is 617 g/mol. The quantitative estimate of drug-likeness (QED) is 0.132. The summed E-state index contributed by atoms with van der Waals surface area (Å²) in [5, 5.41) is 15.4. The monoisotopic (exact) mass is 614 g/mol. The van der Waals surface area contributed by atoms with Gasteiger partial charge in [0.25, 0.3) is 5.88 Å². The largest absolute Gasteiger partial charge is 0.464 e. The van der Waals surface area contributed by atoms with Crippen LogP contribution in [0.25, 0.3) is 21.9 Å². The molecule has 0 spiro atoms. The van der Waals surface area contributed by atoms with Crippen LogP contribution in [-0.2, 0) is 0 Å². The highest BCUT2D eigenvalue weighted by atomic mass is 79.9. The van der Waals surface area contributed by atoms with Gasteiger partial charge in [0.05, 0.1) is 33.1 Å². The van der Waals surface area contributed by atoms with Crippen molar-refractivity contribution >= 4 is 72.7 Å². The minimum Gasteiger partial charge on any atom is -0.464 e. The number of benzene rings is 2. The zero-order chi connectivity index (χ0) is 26.1. The predicted octanol–water partition coefficient (Wildman–Crippen LogP) is 5.84. The summed E-state index contributed by atoms with van der Waals surface area (Å²) in [6.45, 7) is 0. The van der Waals surface area contributed by atoms with Crippen LogP contribution in [0, 0.1) is 10.1 Å². The van der Waals surface area contributed by atoms with Crippen molar-refractivity contribution in [2.45, 2.75) is 10.2 Å². The van der Waals surface area contributed by atoms with Crippen molar-refractivity contribution in [3.8, 4) is 5.75 Å². The molecule has 0 saturated heterocycles. The van der Waals surface area contributed by atoms with E-state index in [0.717, 1.165) is 6.26 Å². The molecule has 1 N–H and O–H groups in total. The summed E-state index contributed by atoms with van der Waals surface area (Å²) in [4.78, 5) is 37.8. The number of rotatable bonds is 3. The number of para-hydroxylation sites is 1. The molecule has 1 aliphatic heterocycles. The van der Waals surface area contributed by atoms with Gasteiger partial charge in [-0.05, 0) is 30.3 Å². The van der Waals surface area contributed by atoms with Crippen molar-refractivity contribution in [3.63, 3.8) is 0 Å². The lowest BCUT2D eigenvalue weighted by Gasteiger charge is -2.24. The lowest BCUT2D eigenvalue weighted by molar-refractivity contribution is -0.433. The molecule has 0 unspecified atom stereocenters. The zero-order valence-corrected chi connectivity index (χ0v) is 21.9. The summed E-state index contributed by atoms with van der Waals surface area (Å²) in [5.41, 5.74) is -1.51. The number of hydrogen-bond donors (Lipinski definition) is 1. The third-order valence-electron chi connectivity index (χ3n) is 5.29. The second-order valence-corrected chi connectivity index (χ2v) is 10.2. The van der Waals surface area contributed by atoms with Gasteiger partial charge < -0.3 is 18.9 Å². The Morgan fingerprint density at radius 1 is 1.08 bits per heavy atom. The molecule has 9 nitrogen and oxygen atoms in total. The maximum absolute atomic E-state index is 13.4. The molecule has 186 valence electrons. The van der Waals surface area contributed by atoms with Gasteiger partial charge in [0, 0.05) is 11.5 Å². The smallest absolute Gasteiger partial charge is 0.344 e. The van der Waals surface area contributed by atoms with Crippen molar-refractivity contribution in [1.82, 2.24) is 5.32 Å². The maximum Gasteiger partial charge on any atom is 0.344 e. The molecule has 0 amide bonds. The standard InChI is InChI=1S/C22H13BrN2O7.CHCl3/c1-24-21-18(25(28)29)16(13-9-30-14-7-6-10(23)8-12(14)19(13)26)17-20(32-21)11-4-2-3-5-15(11)31-22(17)27;2-1(3)4/h2-9,16,24H,1H3;1H/t16-;/m1./s1. The van der Waals surface area contributed by atoms with Crippen LogP contribution < -0.4 is 21.1 Å². The highest BCUT2D eigenvalue weighted by Gasteiger charge is 2.44. The van der Waals surface area contributed by atoms with E-state index in [9.17, 15) is 19.7 Å². The molecule has 0 bridgehead atoms. The normalized spacial score (nSPS) is 14.8. The molecule has 13 heteroatoms. The maximum atomic E-state index is 13.4. The summed E-state index contributed by atoms with van der Waals surface area (Å²) in [5.74, 6) is -1.47. The van der Waals surface area contributed by atoms with Crippen LogP contribution in [0.15, 0.2) is 83.2 Å². The van der Waals surface area contributed by atoms with E-state index in [1.807, 2.05) is 0 Å². The van der Waals surface area contributed by atoms with Crippen LogP contribution in [0.5, 0.6) is 5.75 Å². The second kappa shape index (κ2) is 10.5. The van der Waals surface area contributed by atoms with Crippen LogP contribution in [0.1, 0.15) is 17.0 Å². The summed E-state index contributed by atoms with van der Waals surface area (Å²) in [7, 11) is 1.45. The number of nitrogens with one attached hydrogen (secondary N) is 1. The van der Waals surface area contributed by atoms with Gasteiger partial charge in [-0.2, -0.15) is 0 Å². The topological polar surface area (TPSA) is 125 Å². The SMILES string of the molecule is CNC1=C([N+](=O)[O-])[C@H](c2coc3ccc(Br)cc3c2=O)c2c(c3ccccc3oc2=O)O1.ClC(Cl)Cl. The van der Waals surface area contributed by atoms with Crippen LogP contribution in [0.2, 0.25) is 0 Å². The number of halogens is 4. The number of ether oxygens (including phenoxy) is 1. The predicted molar refractivity (Wildman–Crippen MR) is 140 cm³/mol. The highest BCUT2D eigenvalue weighted by molar-refractivity contribution is 9.10. The van der Waals surface area contributed by atoms with E-state index in [4.69, 9.17) is 48.4 Å². The minimum absolute atomic E-state index is 0.0813. The summed E-state index contributed by atoms with van der Waals surface area (Å²) < 4.78 is 16.7. The second-order valence-electron chi connectivity index (χ2n) is 7.29. The van der Waals surface area contributed by atoms with Crippen LogP contribution >= 0.6 is 50.7 Å². The molecule has 5 rings (SSSR count). The Balaban J connectivity index is 0.000000709. The molecule has 3 heterocycles. The van der Waals surface area contributed by atoms with Gasteiger partial charge >= 0.3 is 11.3 Å². The molecular weight excluding hydrogens is 603 g/mol. The lowest BCUT2D eigenvalue weighted by Crippen LogP contribution is -2.33. The number of hydrogen-bond acceptors (Lipinski definition) is 8. The number of nitrogens with zero attached hydrogens (tertiary/aromatic N) is 1.